The highest BCUT2D eigenvalue weighted by Gasteiger charge is 2.03. The van der Waals surface area contributed by atoms with Crippen molar-refractivity contribution in [2.75, 3.05) is 19.6 Å². The number of phenolic OH excluding ortho intramolecular Hbond substituents is 1. The van der Waals surface area contributed by atoms with Gasteiger partial charge in [-0.25, -0.2) is 0 Å². The van der Waals surface area contributed by atoms with Crippen LogP contribution < -0.4 is 0 Å². The van der Waals surface area contributed by atoms with Gasteiger partial charge in [0.15, 0.2) is 0 Å². The Morgan fingerprint density at radius 3 is 2.09 bits per heavy atom. The molecular formula is C20H27NO. The van der Waals surface area contributed by atoms with Crippen molar-refractivity contribution < 1.29 is 12.0 Å². The summed E-state index contributed by atoms with van der Waals surface area (Å²) in [6, 6.07) is 16.8. The van der Waals surface area contributed by atoms with Gasteiger partial charge in [-0.3, -0.25) is 0 Å². The first kappa shape index (κ1) is 10.8. The van der Waals surface area contributed by atoms with Crippen molar-refractivity contribution in [1.29, 1.82) is 0 Å². The molecule has 0 amide bonds. The van der Waals surface area contributed by atoms with Crippen LogP contribution in [0.25, 0.3) is 0 Å². The third-order valence-electron chi connectivity index (χ3n) is 3.72. The highest BCUT2D eigenvalue weighted by molar-refractivity contribution is 5.25. The molecule has 0 aliphatic rings. The van der Waals surface area contributed by atoms with E-state index in [9.17, 15) is 5.11 Å². The minimum Gasteiger partial charge on any atom is -0.508 e. The molecule has 0 atom stereocenters. The van der Waals surface area contributed by atoms with Crippen molar-refractivity contribution in [2.24, 2.45) is 0 Å². The van der Waals surface area contributed by atoms with Gasteiger partial charge < -0.3 is 10.0 Å². The van der Waals surface area contributed by atoms with Crippen molar-refractivity contribution in [3.8, 4) is 5.75 Å². The molecule has 0 aliphatic carbocycles. The Morgan fingerprint density at radius 1 is 0.909 bits per heavy atom. The van der Waals surface area contributed by atoms with Crippen molar-refractivity contribution >= 4 is 0 Å². The molecule has 0 spiro atoms. The van der Waals surface area contributed by atoms with Crippen molar-refractivity contribution in [3.63, 3.8) is 0 Å². The second kappa shape index (κ2) is 9.26. The summed E-state index contributed by atoms with van der Waals surface area (Å²) in [5, 5.41) is 9.34. The molecule has 0 unspecified atom stereocenters. The predicted octanol–water partition coefficient (Wildman–Crippen LogP) is 4.28. The van der Waals surface area contributed by atoms with Gasteiger partial charge in [-0.15, -0.1) is 0 Å². The van der Waals surface area contributed by atoms with Gasteiger partial charge in [-0.05, 0) is 68.5 Å². The fourth-order valence-electron chi connectivity index (χ4n) is 2.48. The predicted molar refractivity (Wildman–Crippen MR) is 93.3 cm³/mol. The zero-order chi connectivity index (χ0) is 19.9. The second-order valence-corrected chi connectivity index (χ2v) is 5.46. The summed E-state index contributed by atoms with van der Waals surface area (Å²) in [5.41, 5.74) is 2.20. The van der Waals surface area contributed by atoms with Crippen LogP contribution in [-0.2, 0) is 12.8 Å². The minimum atomic E-state index is -2.70. The summed E-state index contributed by atoms with van der Waals surface area (Å²) < 4.78 is 39.0. The molecule has 22 heavy (non-hydrogen) atoms. The zero-order valence-corrected chi connectivity index (χ0v) is 12.8. The Kier molecular flexibility index (Phi) is 4.57. The molecular weight excluding hydrogens is 270 g/mol. The molecule has 2 rings (SSSR count). The summed E-state index contributed by atoms with van der Waals surface area (Å²) in [4.78, 5) is 1.45. The van der Waals surface area contributed by atoms with Crippen LogP contribution in [0.15, 0.2) is 54.6 Å². The lowest BCUT2D eigenvalue weighted by atomic mass is 10.1. The molecule has 118 valence electrons. The normalized spacial score (nSPS) is 15.6. The maximum Gasteiger partial charge on any atom is 0.115 e. The number of aryl methyl sites for hydroxylation is 2. The summed E-state index contributed by atoms with van der Waals surface area (Å²) >= 11 is 0. The Bertz CT molecular complexity index is 686. The van der Waals surface area contributed by atoms with E-state index >= 15 is 0 Å². The quantitative estimate of drug-likeness (QED) is 0.747. The molecule has 2 aromatic carbocycles. The van der Waals surface area contributed by atoms with Crippen molar-refractivity contribution in [1.82, 2.24) is 4.90 Å². The lowest BCUT2D eigenvalue weighted by molar-refractivity contribution is 0.281. The number of phenols is 1. The van der Waals surface area contributed by atoms with E-state index in [0.717, 1.165) is 17.5 Å². The van der Waals surface area contributed by atoms with E-state index in [2.05, 4.69) is 0 Å². The van der Waals surface area contributed by atoms with Crippen LogP contribution in [0, 0.1) is 0 Å². The Hall–Kier alpha value is -1.80. The van der Waals surface area contributed by atoms with Gasteiger partial charge in [0.2, 0.25) is 0 Å². The molecule has 0 aliphatic heterocycles. The summed E-state index contributed by atoms with van der Waals surface area (Å²) in [6.07, 6.45) is 2.82. The SMILES string of the molecule is [2H]C([2H])([2H])C([2H])([2H])N(CCCc1ccccc1)CCCc1ccc(O)cc1. The van der Waals surface area contributed by atoms with Crippen LogP contribution >= 0.6 is 0 Å². The number of hydrogen-bond donors (Lipinski definition) is 1. The standard InChI is InChI=1S/C20H27NO/c1-2-21(16-6-10-18-8-4-3-5-9-18)17-7-11-19-12-14-20(22)15-13-19/h3-5,8-9,12-15,22H,2,6-7,10-11,16-17H2,1H3/i1D3,2D2. The summed E-state index contributed by atoms with van der Waals surface area (Å²) in [7, 11) is 0. The van der Waals surface area contributed by atoms with E-state index in [1.165, 1.54) is 4.90 Å². The molecule has 0 aromatic heterocycles. The lowest BCUT2D eigenvalue weighted by Crippen LogP contribution is -2.26. The summed E-state index contributed by atoms with van der Waals surface area (Å²) in [6.45, 7) is -4.31. The van der Waals surface area contributed by atoms with Crippen molar-refractivity contribution in [2.45, 2.75) is 32.5 Å². The molecule has 2 nitrogen and oxygen atoms in total. The first-order valence-corrected chi connectivity index (χ1v) is 7.77. The lowest BCUT2D eigenvalue weighted by Gasteiger charge is -2.20. The maximum absolute atomic E-state index is 9.34. The smallest absolute Gasteiger partial charge is 0.115 e. The molecule has 0 saturated heterocycles. The van der Waals surface area contributed by atoms with Crippen LogP contribution in [0.2, 0.25) is 0 Å². The van der Waals surface area contributed by atoms with Gasteiger partial charge in [-0.2, -0.15) is 0 Å². The van der Waals surface area contributed by atoms with Crippen LogP contribution in [0.4, 0.5) is 0 Å². The molecule has 0 heterocycles. The minimum absolute atomic E-state index is 0.208. The van der Waals surface area contributed by atoms with Crippen LogP contribution in [-0.4, -0.2) is 29.6 Å². The van der Waals surface area contributed by atoms with Gasteiger partial charge in [0.05, 0.1) is 0 Å². The van der Waals surface area contributed by atoms with Gasteiger partial charge in [-0.1, -0.05) is 49.3 Å². The highest BCUT2D eigenvalue weighted by atomic mass is 16.3. The third kappa shape index (κ3) is 5.90. The molecule has 0 radical (unpaired) electrons. The molecule has 1 N–H and O–H groups in total. The average molecular weight is 302 g/mol. The van der Waals surface area contributed by atoms with Gasteiger partial charge >= 0.3 is 0 Å². The van der Waals surface area contributed by atoms with E-state index in [1.807, 2.05) is 42.5 Å². The van der Waals surface area contributed by atoms with Gasteiger partial charge in [0, 0.05) is 6.85 Å². The molecule has 0 saturated carbocycles. The Balaban J connectivity index is 1.95. The van der Waals surface area contributed by atoms with Crippen LogP contribution in [0.3, 0.4) is 0 Å². The molecule has 0 bridgehead atoms. The first-order chi connectivity index (χ1) is 12.7. The second-order valence-electron chi connectivity index (χ2n) is 5.46. The Labute approximate surface area is 141 Å². The van der Waals surface area contributed by atoms with Gasteiger partial charge in [0.25, 0.3) is 0 Å². The van der Waals surface area contributed by atoms with E-state index < -0.39 is 13.3 Å². The topological polar surface area (TPSA) is 23.5 Å². The summed E-state index contributed by atoms with van der Waals surface area (Å²) in [5.74, 6) is 0.208. The van der Waals surface area contributed by atoms with Gasteiger partial charge in [0.1, 0.15) is 5.75 Å². The zero-order valence-electron chi connectivity index (χ0n) is 17.8. The number of aromatic hydroxyl groups is 1. The monoisotopic (exact) mass is 302 g/mol. The van der Waals surface area contributed by atoms with Crippen molar-refractivity contribution in [3.05, 3.63) is 65.7 Å². The maximum atomic E-state index is 9.34. The van der Waals surface area contributed by atoms with E-state index in [1.54, 1.807) is 12.1 Å². The van der Waals surface area contributed by atoms with E-state index in [4.69, 9.17) is 6.85 Å². The number of benzene rings is 2. The molecule has 0 fully saturated rings. The molecule has 2 aromatic rings. The number of nitrogens with zero attached hydrogens (tertiary/aromatic N) is 1. The molecule has 2 heteroatoms. The third-order valence-corrected chi connectivity index (χ3v) is 3.72. The van der Waals surface area contributed by atoms with Crippen LogP contribution in [0.5, 0.6) is 5.75 Å². The Morgan fingerprint density at radius 2 is 1.50 bits per heavy atom. The van der Waals surface area contributed by atoms with E-state index in [-0.39, 0.29) is 5.75 Å². The first-order valence-electron chi connectivity index (χ1n) is 10.3. The van der Waals surface area contributed by atoms with Crippen LogP contribution in [0.1, 0.15) is 37.7 Å². The van der Waals surface area contributed by atoms with E-state index in [0.29, 0.717) is 32.4 Å². The fraction of sp³-hybridized carbons (Fsp3) is 0.400. The largest absolute Gasteiger partial charge is 0.508 e. The highest BCUT2D eigenvalue weighted by Crippen LogP contribution is 2.11. The number of hydrogen-bond acceptors (Lipinski definition) is 2. The fourth-order valence-corrected chi connectivity index (χ4v) is 2.48. The number of rotatable bonds is 9. The average Bonchev–Trinajstić information content (AvgIpc) is 2.62.